The van der Waals surface area contributed by atoms with Gasteiger partial charge in [0.15, 0.2) is 0 Å². The molecule has 3 unspecified atom stereocenters. The summed E-state index contributed by atoms with van der Waals surface area (Å²) in [7, 11) is 0. The van der Waals surface area contributed by atoms with Crippen molar-refractivity contribution in [2.24, 2.45) is 5.92 Å². The van der Waals surface area contributed by atoms with E-state index < -0.39 is 0 Å². The zero-order valence-electron chi connectivity index (χ0n) is 12.8. The number of halogens is 1. The van der Waals surface area contributed by atoms with E-state index in [1.54, 1.807) is 0 Å². The van der Waals surface area contributed by atoms with Gasteiger partial charge in [-0.1, -0.05) is 53.4 Å². The van der Waals surface area contributed by atoms with Gasteiger partial charge in [-0.2, -0.15) is 0 Å². The van der Waals surface area contributed by atoms with E-state index in [-0.39, 0.29) is 0 Å². The van der Waals surface area contributed by atoms with Gasteiger partial charge in [0.05, 0.1) is 0 Å². The van der Waals surface area contributed by atoms with Gasteiger partial charge in [0.25, 0.3) is 0 Å². The molecule has 3 rings (SSSR count). The highest BCUT2D eigenvalue weighted by molar-refractivity contribution is 9.10. The summed E-state index contributed by atoms with van der Waals surface area (Å²) in [6, 6.07) is 10.00. The zero-order valence-corrected chi connectivity index (χ0v) is 14.4. The predicted octanol–water partition coefficient (Wildman–Crippen LogP) is 4.24. The van der Waals surface area contributed by atoms with E-state index >= 15 is 0 Å². The molecule has 2 fully saturated rings. The minimum Gasteiger partial charge on any atom is -0.314 e. The molecule has 0 spiro atoms. The summed E-state index contributed by atoms with van der Waals surface area (Å²) in [5.41, 5.74) is 1.37. The van der Waals surface area contributed by atoms with Crippen LogP contribution in [0.5, 0.6) is 0 Å². The van der Waals surface area contributed by atoms with Crippen LogP contribution >= 0.6 is 15.9 Å². The molecule has 1 saturated carbocycles. The third-order valence-corrected chi connectivity index (χ3v) is 5.97. The summed E-state index contributed by atoms with van der Waals surface area (Å²) in [6.07, 6.45) is 9.67. The van der Waals surface area contributed by atoms with Gasteiger partial charge in [-0.3, -0.25) is 0 Å². The van der Waals surface area contributed by atoms with Crippen LogP contribution in [0.4, 0.5) is 0 Å². The Bertz CT molecular complexity index is 443. The number of hydrogen-bond acceptors (Lipinski definition) is 2. The van der Waals surface area contributed by atoms with Crippen molar-refractivity contribution in [1.82, 2.24) is 10.6 Å². The Labute approximate surface area is 137 Å². The van der Waals surface area contributed by atoms with Gasteiger partial charge in [0.2, 0.25) is 0 Å². The molecule has 2 N–H and O–H groups in total. The van der Waals surface area contributed by atoms with Gasteiger partial charge in [-0.25, -0.2) is 0 Å². The number of benzene rings is 1. The molecule has 0 aromatic heterocycles. The number of hydrogen-bond donors (Lipinski definition) is 2. The first-order valence-corrected chi connectivity index (χ1v) is 9.34. The van der Waals surface area contributed by atoms with Crippen LogP contribution in [0, 0.1) is 5.92 Å². The quantitative estimate of drug-likeness (QED) is 0.848. The molecule has 1 saturated heterocycles. The minimum absolute atomic E-state index is 0.682. The lowest BCUT2D eigenvalue weighted by Crippen LogP contribution is -2.50. The lowest BCUT2D eigenvalue weighted by Gasteiger charge is -2.40. The van der Waals surface area contributed by atoms with Gasteiger partial charge < -0.3 is 10.6 Å². The second-order valence-corrected chi connectivity index (χ2v) is 7.44. The average molecular weight is 351 g/mol. The summed E-state index contributed by atoms with van der Waals surface area (Å²) in [5.74, 6) is 0.821. The largest absolute Gasteiger partial charge is 0.314 e. The van der Waals surface area contributed by atoms with Crippen LogP contribution < -0.4 is 10.6 Å². The first kappa shape index (κ1) is 15.5. The normalized spacial score (nSPS) is 30.2. The molecule has 1 aromatic rings. The smallest absolute Gasteiger partial charge is 0.0220 e. The summed E-state index contributed by atoms with van der Waals surface area (Å²) < 4.78 is 1.22. The third-order valence-electron chi connectivity index (χ3n) is 5.20. The molecule has 0 radical (unpaired) electrons. The van der Waals surface area contributed by atoms with E-state index in [0.717, 1.165) is 18.5 Å². The van der Waals surface area contributed by atoms with Crippen LogP contribution in [-0.2, 0) is 6.54 Å². The summed E-state index contributed by atoms with van der Waals surface area (Å²) in [6.45, 7) is 2.20. The Morgan fingerprint density at radius 2 is 1.86 bits per heavy atom. The second kappa shape index (κ2) is 7.75. The van der Waals surface area contributed by atoms with Crippen molar-refractivity contribution in [3.05, 3.63) is 34.3 Å². The molecular weight excluding hydrogens is 324 g/mol. The van der Waals surface area contributed by atoms with Crippen molar-refractivity contribution < 1.29 is 0 Å². The number of nitrogens with one attached hydrogen (secondary N) is 2. The molecule has 2 nitrogen and oxygen atoms in total. The Morgan fingerprint density at radius 1 is 1.05 bits per heavy atom. The van der Waals surface area contributed by atoms with E-state index in [1.165, 1.54) is 61.5 Å². The highest BCUT2D eigenvalue weighted by Gasteiger charge is 2.32. The van der Waals surface area contributed by atoms with E-state index in [1.807, 2.05) is 0 Å². The van der Waals surface area contributed by atoms with E-state index in [4.69, 9.17) is 0 Å². The van der Waals surface area contributed by atoms with Crippen LogP contribution in [0.15, 0.2) is 28.7 Å². The monoisotopic (exact) mass is 350 g/mol. The maximum Gasteiger partial charge on any atom is 0.0220 e. The summed E-state index contributed by atoms with van der Waals surface area (Å²) >= 11 is 3.66. The van der Waals surface area contributed by atoms with Crippen molar-refractivity contribution in [3.8, 4) is 0 Å². The highest BCUT2D eigenvalue weighted by atomic mass is 79.9. The van der Waals surface area contributed by atoms with Crippen LogP contribution in [0.1, 0.15) is 50.5 Å². The Hall–Kier alpha value is -0.380. The number of rotatable bonds is 4. The average Bonchev–Trinajstić information content (AvgIpc) is 2.55. The standard InChI is InChI=1S/C18H27BrN2/c19-16-9-3-1-7-14(16)13-21-18-10-4-2-8-15(18)17-11-5-6-12-20-17/h1,3,7,9,15,17-18,20-21H,2,4-6,8,10-13H2. The maximum absolute atomic E-state index is 3.86. The van der Waals surface area contributed by atoms with Crippen molar-refractivity contribution in [2.75, 3.05) is 6.54 Å². The fourth-order valence-electron chi connectivity index (χ4n) is 4.02. The fourth-order valence-corrected chi connectivity index (χ4v) is 4.45. The van der Waals surface area contributed by atoms with Crippen LogP contribution in [0.25, 0.3) is 0 Å². The van der Waals surface area contributed by atoms with Crippen molar-refractivity contribution >= 4 is 15.9 Å². The molecule has 1 heterocycles. The van der Waals surface area contributed by atoms with Gasteiger partial charge in [0.1, 0.15) is 0 Å². The Kier molecular flexibility index (Phi) is 5.73. The van der Waals surface area contributed by atoms with Crippen LogP contribution in [0.2, 0.25) is 0 Å². The van der Waals surface area contributed by atoms with Crippen LogP contribution in [-0.4, -0.2) is 18.6 Å². The molecule has 1 aliphatic carbocycles. The lowest BCUT2D eigenvalue weighted by atomic mass is 9.77. The van der Waals surface area contributed by atoms with Crippen molar-refractivity contribution in [3.63, 3.8) is 0 Å². The number of piperidine rings is 1. The fraction of sp³-hybridized carbons (Fsp3) is 0.667. The van der Waals surface area contributed by atoms with Gasteiger partial charge in [0, 0.05) is 23.1 Å². The minimum atomic E-state index is 0.682. The molecule has 3 heteroatoms. The molecular formula is C18H27BrN2. The van der Waals surface area contributed by atoms with Gasteiger partial charge >= 0.3 is 0 Å². The molecule has 1 aromatic carbocycles. The van der Waals surface area contributed by atoms with E-state index in [0.29, 0.717) is 6.04 Å². The molecule has 116 valence electrons. The molecule has 2 aliphatic rings. The molecule has 0 bridgehead atoms. The van der Waals surface area contributed by atoms with Gasteiger partial charge in [-0.15, -0.1) is 0 Å². The zero-order chi connectivity index (χ0) is 14.5. The van der Waals surface area contributed by atoms with Crippen molar-refractivity contribution in [2.45, 2.75) is 63.6 Å². The first-order valence-electron chi connectivity index (χ1n) is 8.55. The van der Waals surface area contributed by atoms with E-state index in [9.17, 15) is 0 Å². The summed E-state index contributed by atoms with van der Waals surface area (Å²) in [5, 5.41) is 7.64. The van der Waals surface area contributed by atoms with Crippen LogP contribution in [0.3, 0.4) is 0 Å². The maximum atomic E-state index is 3.86. The second-order valence-electron chi connectivity index (χ2n) is 6.58. The molecule has 21 heavy (non-hydrogen) atoms. The molecule has 1 aliphatic heterocycles. The van der Waals surface area contributed by atoms with Gasteiger partial charge in [-0.05, 0) is 49.8 Å². The highest BCUT2D eigenvalue weighted by Crippen LogP contribution is 2.31. The molecule has 0 amide bonds. The lowest BCUT2D eigenvalue weighted by molar-refractivity contribution is 0.181. The Morgan fingerprint density at radius 3 is 2.67 bits per heavy atom. The summed E-state index contributed by atoms with van der Waals surface area (Å²) in [4.78, 5) is 0. The van der Waals surface area contributed by atoms with Crippen molar-refractivity contribution in [1.29, 1.82) is 0 Å². The first-order chi connectivity index (χ1) is 10.3. The van der Waals surface area contributed by atoms with E-state index in [2.05, 4.69) is 50.8 Å². The Balaban J connectivity index is 1.60. The predicted molar refractivity (Wildman–Crippen MR) is 92.4 cm³/mol. The molecule has 3 atom stereocenters. The topological polar surface area (TPSA) is 24.1 Å². The third kappa shape index (κ3) is 4.08. The SMILES string of the molecule is Brc1ccccc1CNC1CCCCC1C1CCCCN1.